The molecule has 5 nitrogen and oxygen atoms in total. The number of nitrogens with one attached hydrogen (secondary N) is 2. The van der Waals surface area contributed by atoms with Crippen molar-refractivity contribution in [1.82, 2.24) is 15.0 Å². The Morgan fingerprint density at radius 1 is 0.821 bits per heavy atom. The SMILES string of the molecule is Cc1cccc(Nc2cc(-c3ccccc3)nc(NCc3ccncc3)n2)c1. The van der Waals surface area contributed by atoms with Crippen LogP contribution < -0.4 is 10.6 Å². The van der Waals surface area contributed by atoms with Gasteiger partial charge in [-0.15, -0.1) is 0 Å². The van der Waals surface area contributed by atoms with Crippen molar-refractivity contribution in [2.45, 2.75) is 13.5 Å². The highest BCUT2D eigenvalue weighted by Crippen LogP contribution is 2.24. The van der Waals surface area contributed by atoms with E-state index in [1.807, 2.05) is 60.7 Å². The number of anilines is 3. The zero-order chi connectivity index (χ0) is 19.2. The molecule has 5 heteroatoms. The van der Waals surface area contributed by atoms with Gasteiger partial charge in [0.05, 0.1) is 5.69 Å². The van der Waals surface area contributed by atoms with E-state index in [0.29, 0.717) is 12.5 Å². The molecule has 138 valence electrons. The van der Waals surface area contributed by atoms with E-state index in [4.69, 9.17) is 4.98 Å². The van der Waals surface area contributed by atoms with Crippen LogP contribution in [0.25, 0.3) is 11.3 Å². The Hall–Kier alpha value is -3.73. The predicted octanol–water partition coefficient (Wildman–Crippen LogP) is 5.20. The van der Waals surface area contributed by atoms with E-state index < -0.39 is 0 Å². The van der Waals surface area contributed by atoms with Crippen molar-refractivity contribution < 1.29 is 0 Å². The van der Waals surface area contributed by atoms with Gasteiger partial charge in [-0.3, -0.25) is 4.98 Å². The maximum Gasteiger partial charge on any atom is 0.225 e. The van der Waals surface area contributed by atoms with Gasteiger partial charge in [-0.1, -0.05) is 42.5 Å². The molecule has 2 N–H and O–H groups in total. The van der Waals surface area contributed by atoms with Crippen LogP contribution in [0.4, 0.5) is 17.5 Å². The van der Waals surface area contributed by atoms with Crippen LogP contribution in [0.5, 0.6) is 0 Å². The minimum atomic E-state index is 0.577. The summed E-state index contributed by atoms with van der Waals surface area (Å²) in [5.41, 5.74) is 5.22. The molecule has 2 heterocycles. The highest BCUT2D eigenvalue weighted by atomic mass is 15.1. The van der Waals surface area contributed by atoms with Crippen molar-refractivity contribution in [2.75, 3.05) is 10.6 Å². The molecule has 0 aliphatic carbocycles. The Morgan fingerprint density at radius 3 is 2.43 bits per heavy atom. The quantitative estimate of drug-likeness (QED) is 0.490. The second-order valence-corrected chi connectivity index (χ2v) is 6.53. The zero-order valence-corrected chi connectivity index (χ0v) is 15.6. The molecule has 0 saturated heterocycles. The van der Waals surface area contributed by atoms with Gasteiger partial charge >= 0.3 is 0 Å². The van der Waals surface area contributed by atoms with Gasteiger partial charge in [-0.2, -0.15) is 4.98 Å². The fourth-order valence-electron chi connectivity index (χ4n) is 2.90. The Morgan fingerprint density at radius 2 is 1.64 bits per heavy atom. The second-order valence-electron chi connectivity index (χ2n) is 6.53. The third kappa shape index (κ3) is 4.51. The van der Waals surface area contributed by atoms with E-state index in [-0.39, 0.29) is 0 Å². The van der Waals surface area contributed by atoms with Crippen LogP contribution >= 0.6 is 0 Å². The summed E-state index contributed by atoms with van der Waals surface area (Å²) in [7, 11) is 0. The summed E-state index contributed by atoms with van der Waals surface area (Å²) in [5.74, 6) is 1.32. The highest BCUT2D eigenvalue weighted by Gasteiger charge is 2.07. The molecule has 4 rings (SSSR count). The Labute approximate surface area is 164 Å². The number of benzene rings is 2. The molecule has 0 amide bonds. The summed E-state index contributed by atoms with van der Waals surface area (Å²) in [6.45, 7) is 2.70. The van der Waals surface area contributed by atoms with Gasteiger partial charge in [0, 0.05) is 36.3 Å². The molecule has 0 fully saturated rings. The number of pyridine rings is 1. The molecule has 28 heavy (non-hydrogen) atoms. The van der Waals surface area contributed by atoms with Gasteiger partial charge in [0.1, 0.15) is 5.82 Å². The summed E-state index contributed by atoms with van der Waals surface area (Å²) < 4.78 is 0. The minimum Gasteiger partial charge on any atom is -0.350 e. The summed E-state index contributed by atoms with van der Waals surface area (Å²) in [6.07, 6.45) is 3.56. The minimum absolute atomic E-state index is 0.577. The lowest BCUT2D eigenvalue weighted by molar-refractivity contribution is 1.05. The van der Waals surface area contributed by atoms with Crippen LogP contribution in [-0.4, -0.2) is 15.0 Å². The standard InChI is InChI=1S/C23H21N5/c1-17-6-5-9-20(14-17)26-22-15-21(19-7-3-2-4-8-19)27-23(28-22)25-16-18-10-12-24-13-11-18/h2-15H,16H2,1H3,(H2,25,26,27,28). The lowest BCUT2D eigenvalue weighted by Gasteiger charge is -2.12. The van der Waals surface area contributed by atoms with Crippen LogP contribution in [0.1, 0.15) is 11.1 Å². The summed E-state index contributed by atoms with van der Waals surface area (Å²) in [5, 5.41) is 6.71. The van der Waals surface area contributed by atoms with Gasteiger partial charge in [0.2, 0.25) is 5.95 Å². The molecule has 0 atom stereocenters. The molecule has 0 aliphatic heterocycles. The molecular weight excluding hydrogens is 346 g/mol. The highest BCUT2D eigenvalue weighted by molar-refractivity contribution is 5.67. The molecule has 0 spiro atoms. The molecule has 2 aromatic carbocycles. The van der Waals surface area contributed by atoms with Crippen LogP contribution in [0.15, 0.2) is 85.2 Å². The monoisotopic (exact) mass is 367 g/mol. The molecule has 0 unspecified atom stereocenters. The molecular formula is C23H21N5. The van der Waals surface area contributed by atoms with E-state index >= 15 is 0 Å². The smallest absolute Gasteiger partial charge is 0.225 e. The van der Waals surface area contributed by atoms with Crippen molar-refractivity contribution in [3.8, 4) is 11.3 Å². The summed E-state index contributed by atoms with van der Waals surface area (Å²) in [6, 6.07) is 24.2. The zero-order valence-electron chi connectivity index (χ0n) is 15.6. The number of aromatic nitrogens is 3. The molecule has 0 radical (unpaired) electrons. The number of rotatable bonds is 6. The summed E-state index contributed by atoms with van der Waals surface area (Å²) in [4.78, 5) is 13.4. The third-order valence-electron chi connectivity index (χ3n) is 4.29. The van der Waals surface area contributed by atoms with Gasteiger partial charge in [0.15, 0.2) is 0 Å². The normalized spacial score (nSPS) is 10.5. The van der Waals surface area contributed by atoms with Crippen molar-refractivity contribution in [2.24, 2.45) is 0 Å². The molecule has 2 aromatic heterocycles. The third-order valence-corrected chi connectivity index (χ3v) is 4.29. The van der Waals surface area contributed by atoms with Crippen LogP contribution in [0, 0.1) is 6.92 Å². The fourth-order valence-corrected chi connectivity index (χ4v) is 2.90. The van der Waals surface area contributed by atoms with Crippen LogP contribution in [-0.2, 0) is 6.54 Å². The van der Waals surface area contributed by atoms with Crippen molar-refractivity contribution in [3.05, 3.63) is 96.3 Å². The number of aryl methyl sites for hydroxylation is 1. The van der Waals surface area contributed by atoms with Gasteiger partial charge in [0.25, 0.3) is 0 Å². The average molecular weight is 367 g/mol. The van der Waals surface area contributed by atoms with E-state index in [1.165, 1.54) is 5.56 Å². The maximum absolute atomic E-state index is 4.70. The predicted molar refractivity (Wildman–Crippen MR) is 113 cm³/mol. The van der Waals surface area contributed by atoms with Gasteiger partial charge in [-0.05, 0) is 42.3 Å². The van der Waals surface area contributed by atoms with Crippen molar-refractivity contribution in [3.63, 3.8) is 0 Å². The van der Waals surface area contributed by atoms with Gasteiger partial charge < -0.3 is 10.6 Å². The second kappa shape index (κ2) is 8.31. The number of hydrogen-bond acceptors (Lipinski definition) is 5. The first-order chi connectivity index (χ1) is 13.8. The van der Waals surface area contributed by atoms with Crippen LogP contribution in [0.2, 0.25) is 0 Å². The van der Waals surface area contributed by atoms with E-state index in [1.54, 1.807) is 12.4 Å². The van der Waals surface area contributed by atoms with Crippen molar-refractivity contribution in [1.29, 1.82) is 0 Å². The van der Waals surface area contributed by atoms with E-state index in [2.05, 4.69) is 39.7 Å². The largest absolute Gasteiger partial charge is 0.350 e. The number of nitrogens with zero attached hydrogens (tertiary/aromatic N) is 3. The number of hydrogen-bond donors (Lipinski definition) is 2. The van der Waals surface area contributed by atoms with Crippen molar-refractivity contribution >= 4 is 17.5 Å². The Bertz CT molecular complexity index is 1050. The Kier molecular flexibility index (Phi) is 5.24. The van der Waals surface area contributed by atoms with E-state index in [9.17, 15) is 0 Å². The lowest BCUT2D eigenvalue weighted by atomic mass is 10.1. The van der Waals surface area contributed by atoms with Gasteiger partial charge in [-0.25, -0.2) is 4.98 Å². The topological polar surface area (TPSA) is 62.7 Å². The maximum atomic E-state index is 4.70. The molecule has 4 aromatic rings. The molecule has 0 saturated carbocycles. The lowest BCUT2D eigenvalue weighted by Crippen LogP contribution is -2.06. The fraction of sp³-hybridized carbons (Fsp3) is 0.0870. The molecule has 0 bridgehead atoms. The van der Waals surface area contributed by atoms with Crippen LogP contribution in [0.3, 0.4) is 0 Å². The average Bonchev–Trinajstić information content (AvgIpc) is 2.74. The Balaban J connectivity index is 1.64. The molecule has 0 aliphatic rings. The first-order valence-corrected chi connectivity index (χ1v) is 9.17. The van der Waals surface area contributed by atoms with E-state index in [0.717, 1.165) is 28.3 Å². The summed E-state index contributed by atoms with van der Waals surface area (Å²) >= 11 is 0. The first kappa shape index (κ1) is 17.7. The first-order valence-electron chi connectivity index (χ1n) is 9.17.